The lowest BCUT2D eigenvalue weighted by Gasteiger charge is -2.39. The fourth-order valence-corrected chi connectivity index (χ4v) is 2.98. The van der Waals surface area contributed by atoms with Gasteiger partial charge in [0.1, 0.15) is 11.4 Å². The van der Waals surface area contributed by atoms with E-state index >= 15 is 0 Å². The van der Waals surface area contributed by atoms with Crippen molar-refractivity contribution in [3.8, 4) is 0 Å². The predicted octanol–water partition coefficient (Wildman–Crippen LogP) is 3.83. The average Bonchev–Trinajstić information content (AvgIpc) is 2.48. The van der Waals surface area contributed by atoms with E-state index in [2.05, 4.69) is 0 Å². The highest BCUT2D eigenvalue weighted by atomic mass is 16.6. The Morgan fingerprint density at radius 1 is 1.26 bits per heavy atom. The average molecular weight is 317 g/mol. The van der Waals surface area contributed by atoms with Crippen LogP contribution in [0.1, 0.15) is 46.1 Å². The van der Waals surface area contributed by atoms with E-state index in [1.165, 1.54) is 0 Å². The van der Waals surface area contributed by atoms with E-state index in [0.717, 1.165) is 12.0 Å². The second-order valence-corrected chi connectivity index (χ2v) is 7.25. The van der Waals surface area contributed by atoms with Crippen molar-refractivity contribution in [2.24, 2.45) is 5.92 Å². The maximum Gasteiger partial charge on any atom is 0.410 e. The molecule has 0 bridgehead atoms. The summed E-state index contributed by atoms with van der Waals surface area (Å²) in [6.07, 6.45) is 1.56. The predicted molar refractivity (Wildman–Crippen MR) is 90.3 cm³/mol. The van der Waals surface area contributed by atoms with Crippen LogP contribution in [0.15, 0.2) is 30.3 Å². The molecule has 1 fully saturated rings. The molecule has 1 amide bonds. The highest BCUT2D eigenvalue weighted by Gasteiger charge is 2.37. The van der Waals surface area contributed by atoms with Gasteiger partial charge >= 0.3 is 6.09 Å². The van der Waals surface area contributed by atoms with Crippen molar-refractivity contribution in [2.45, 2.75) is 58.6 Å². The van der Waals surface area contributed by atoms with Gasteiger partial charge in [0.15, 0.2) is 0 Å². The molecule has 1 aliphatic heterocycles. The van der Waals surface area contributed by atoms with Crippen molar-refractivity contribution in [2.75, 3.05) is 6.54 Å². The van der Waals surface area contributed by atoms with Crippen LogP contribution in [-0.2, 0) is 16.0 Å². The Balaban J connectivity index is 2.11. The van der Waals surface area contributed by atoms with Gasteiger partial charge in [-0.15, -0.1) is 0 Å². The number of benzene rings is 1. The smallest absolute Gasteiger partial charge is 0.410 e. The van der Waals surface area contributed by atoms with E-state index in [9.17, 15) is 9.59 Å². The van der Waals surface area contributed by atoms with Gasteiger partial charge in [-0.3, -0.25) is 4.79 Å². The zero-order valence-electron chi connectivity index (χ0n) is 14.5. The lowest BCUT2D eigenvalue weighted by molar-refractivity contribution is -0.128. The molecule has 0 aromatic heterocycles. The highest BCUT2D eigenvalue weighted by Crippen LogP contribution is 2.26. The van der Waals surface area contributed by atoms with Gasteiger partial charge in [-0.05, 0) is 39.2 Å². The number of nitrogens with zero attached hydrogens (tertiary/aromatic N) is 1. The molecule has 2 unspecified atom stereocenters. The number of piperidine rings is 1. The van der Waals surface area contributed by atoms with E-state index in [1.807, 2.05) is 58.0 Å². The minimum Gasteiger partial charge on any atom is -0.444 e. The molecule has 0 N–H and O–H groups in total. The summed E-state index contributed by atoms with van der Waals surface area (Å²) >= 11 is 0. The summed E-state index contributed by atoms with van der Waals surface area (Å²) in [6, 6.07) is 9.91. The molecule has 1 heterocycles. The molecule has 4 heteroatoms. The number of hydrogen-bond donors (Lipinski definition) is 0. The first-order valence-electron chi connectivity index (χ1n) is 8.36. The SMILES string of the molecule is CCC1CC(=O)C(Cc2ccccc2)CN1C(=O)OC(C)(C)C. The first-order valence-corrected chi connectivity index (χ1v) is 8.36. The Morgan fingerprint density at radius 3 is 2.48 bits per heavy atom. The fraction of sp³-hybridized carbons (Fsp3) is 0.579. The third-order valence-corrected chi connectivity index (χ3v) is 4.17. The van der Waals surface area contributed by atoms with Crippen LogP contribution in [0.2, 0.25) is 0 Å². The molecule has 1 saturated heterocycles. The highest BCUT2D eigenvalue weighted by molar-refractivity contribution is 5.85. The molecular weight excluding hydrogens is 290 g/mol. The second kappa shape index (κ2) is 7.16. The van der Waals surface area contributed by atoms with Crippen LogP contribution < -0.4 is 0 Å². The van der Waals surface area contributed by atoms with Crippen molar-refractivity contribution in [1.29, 1.82) is 0 Å². The monoisotopic (exact) mass is 317 g/mol. The molecule has 2 atom stereocenters. The maximum absolute atomic E-state index is 12.5. The van der Waals surface area contributed by atoms with Crippen LogP contribution in [0.4, 0.5) is 4.79 Å². The van der Waals surface area contributed by atoms with E-state index in [0.29, 0.717) is 19.4 Å². The Morgan fingerprint density at radius 2 is 1.91 bits per heavy atom. The largest absolute Gasteiger partial charge is 0.444 e. The number of likely N-dealkylation sites (tertiary alicyclic amines) is 1. The van der Waals surface area contributed by atoms with E-state index in [4.69, 9.17) is 4.74 Å². The van der Waals surface area contributed by atoms with Gasteiger partial charge in [-0.2, -0.15) is 0 Å². The normalized spacial score (nSPS) is 22.1. The molecule has 0 radical (unpaired) electrons. The molecule has 23 heavy (non-hydrogen) atoms. The summed E-state index contributed by atoms with van der Waals surface area (Å²) in [5.74, 6) is 0.105. The van der Waals surface area contributed by atoms with Crippen molar-refractivity contribution >= 4 is 11.9 Å². The van der Waals surface area contributed by atoms with Gasteiger partial charge in [0, 0.05) is 24.9 Å². The Bertz CT molecular complexity index is 547. The van der Waals surface area contributed by atoms with E-state index in [-0.39, 0.29) is 23.8 Å². The van der Waals surface area contributed by atoms with E-state index in [1.54, 1.807) is 4.90 Å². The number of carbonyl (C=O) groups is 2. The minimum absolute atomic E-state index is 0.0515. The summed E-state index contributed by atoms with van der Waals surface area (Å²) in [6.45, 7) is 8.04. The summed E-state index contributed by atoms with van der Waals surface area (Å²) in [7, 11) is 0. The Hall–Kier alpha value is -1.84. The standard InChI is InChI=1S/C19H27NO3/c1-5-16-12-17(21)15(11-14-9-7-6-8-10-14)13-20(16)18(22)23-19(2,3)4/h6-10,15-16H,5,11-13H2,1-4H3. The number of amides is 1. The summed E-state index contributed by atoms with van der Waals surface area (Å²) in [5, 5.41) is 0. The zero-order chi connectivity index (χ0) is 17.0. The van der Waals surface area contributed by atoms with Crippen molar-refractivity contribution in [3.05, 3.63) is 35.9 Å². The van der Waals surface area contributed by atoms with Gasteiger partial charge in [-0.25, -0.2) is 4.79 Å². The molecule has 0 aliphatic carbocycles. The van der Waals surface area contributed by atoms with Crippen LogP contribution in [0, 0.1) is 5.92 Å². The lowest BCUT2D eigenvalue weighted by atomic mass is 9.86. The summed E-state index contributed by atoms with van der Waals surface area (Å²) in [4.78, 5) is 26.7. The summed E-state index contributed by atoms with van der Waals surface area (Å²) in [5.41, 5.74) is 0.608. The molecular formula is C19H27NO3. The number of ketones is 1. The molecule has 126 valence electrons. The number of rotatable bonds is 3. The second-order valence-electron chi connectivity index (χ2n) is 7.25. The maximum atomic E-state index is 12.5. The first kappa shape index (κ1) is 17.5. The van der Waals surface area contributed by atoms with Crippen LogP contribution in [0.5, 0.6) is 0 Å². The van der Waals surface area contributed by atoms with Crippen molar-refractivity contribution in [1.82, 2.24) is 4.90 Å². The van der Waals surface area contributed by atoms with Gasteiger partial charge < -0.3 is 9.64 Å². The molecule has 4 nitrogen and oxygen atoms in total. The third-order valence-electron chi connectivity index (χ3n) is 4.17. The van der Waals surface area contributed by atoms with Gasteiger partial charge in [0.25, 0.3) is 0 Å². The molecule has 1 aromatic carbocycles. The molecule has 0 saturated carbocycles. The molecule has 0 spiro atoms. The summed E-state index contributed by atoms with van der Waals surface area (Å²) < 4.78 is 5.52. The fourth-order valence-electron chi connectivity index (χ4n) is 2.98. The minimum atomic E-state index is -0.522. The van der Waals surface area contributed by atoms with Gasteiger partial charge in [-0.1, -0.05) is 37.3 Å². The van der Waals surface area contributed by atoms with Crippen LogP contribution in [0.3, 0.4) is 0 Å². The van der Waals surface area contributed by atoms with Crippen molar-refractivity contribution < 1.29 is 14.3 Å². The first-order chi connectivity index (χ1) is 10.8. The van der Waals surface area contributed by atoms with Crippen LogP contribution in [0.25, 0.3) is 0 Å². The third kappa shape index (κ3) is 4.81. The van der Waals surface area contributed by atoms with Crippen LogP contribution >= 0.6 is 0 Å². The number of hydrogen-bond acceptors (Lipinski definition) is 3. The van der Waals surface area contributed by atoms with Gasteiger partial charge in [0.2, 0.25) is 0 Å². The Labute approximate surface area is 138 Å². The van der Waals surface area contributed by atoms with E-state index < -0.39 is 5.60 Å². The zero-order valence-corrected chi connectivity index (χ0v) is 14.5. The quantitative estimate of drug-likeness (QED) is 0.851. The number of Topliss-reactive ketones (excluding diaryl/α,β-unsaturated/α-hetero) is 1. The number of ether oxygens (including phenoxy) is 1. The number of carbonyl (C=O) groups excluding carboxylic acids is 2. The topological polar surface area (TPSA) is 46.6 Å². The molecule has 2 rings (SSSR count). The van der Waals surface area contributed by atoms with Gasteiger partial charge in [0.05, 0.1) is 0 Å². The molecule has 1 aliphatic rings. The van der Waals surface area contributed by atoms with Crippen LogP contribution in [-0.4, -0.2) is 35.0 Å². The van der Waals surface area contributed by atoms with Crippen molar-refractivity contribution in [3.63, 3.8) is 0 Å². The Kier molecular flexibility index (Phi) is 5.45. The lowest BCUT2D eigenvalue weighted by Crippen LogP contribution is -2.52. The molecule has 1 aromatic rings.